The molecule has 0 aliphatic rings. The first-order chi connectivity index (χ1) is 13.1. The number of hydrogen-bond donors (Lipinski definition) is 3. The number of benzene rings is 3. The Morgan fingerprint density at radius 1 is 0.889 bits per heavy atom. The van der Waals surface area contributed by atoms with E-state index in [0.29, 0.717) is 0 Å². The normalized spacial score (nSPS) is 10.9. The van der Waals surface area contributed by atoms with Crippen molar-refractivity contribution in [3.8, 4) is 0 Å². The number of anilines is 3. The van der Waals surface area contributed by atoms with Crippen LogP contribution in [0.2, 0.25) is 0 Å². The molecule has 0 saturated heterocycles. The smallest absolute Gasteiger partial charge is 0.205 e. The summed E-state index contributed by atoms with van der Waals surface area (Å²) >= 11 is 0. The van der Waals surface area contributed by atoms with E-state index in [1.165, 1.54) is 22.3 Å². The number of aromatic amines is 1. The summed E-state index contributed by atoms with van der Waals surface area (Å²) in [7, 11) is 0. The lowest BCUT2D eigenvalue weighted by Gasteiger charge is -2.11. The molecule has 4 heteroatoms. The molecule has 0 atom stereocenters. The minimum absolute atomic E-state index is 0.764. The summed E-state index contributed by atoms with van der Waals surface area (Å²) in [5.41, 5.74) is 9.12. The third-order valence-electron chi connectivity index (χ3n) is 4.74. The van der Waals surface area contributed by atoms with E-state index in [1.807, 2.05) is 12.1 Å². The van der Waals surface area contributed by atoms with Crippen molar-refractivity contribution in [2.45, 2.75) is 27.3 Å². The fourth-order valence-electron chi connectivity index (χ4n) is 3.47. The van der Waals surface area contributed by atoms with Crippen molar-refractivity contribution in [1.82, 2.24) is 9.97 Å². The molecule has 136 valence electrons. The first kappa shape index (κ1) is 17.2. The Morgan fingerprint density at radius 3 is 2.37 bits per heavy atom. The molecule has 4 nitrogen and oxygen atoms in total. The maximum Gasteiger partial charge on any atom is 0.205 e. The van der Waals surface area contributed by atoms with Gasteiger partial charge in [0.25, 0.3) is 0 Å². The van der Waals surface area contributed by atoms with E-state index in [9.17, 15) is 0 Å². The lowest BCUT2D eigenvalue weighted by atomic mass is 10.1. The molecule has 4 rings (SSSR count). The lowest BCUT2D eigenvalue weighted by Crippen LogP contribution is -1.98. The van der Waals surface area contributed by atoms with Gasteiger partial charge in [0.1, 0.15) is 0 Å². The largest absolute Gasteiger partial charge is 0.381 e. The van der Waals surface area contributed by atoms with Crippen molar-refractivity contribution in [1.29, 1.82) is 0 Å². The highest BCUT2D eigenvalue weighted by atomic mass is 15.1. The van der Waals surface area contributed by atoms with Gasteiger partial charge in [-0.2, -0.15) is 0 Å². The Hall–Kier alpha value is -3.27. The van der Waals surface area contributed by atoms with Crippen LogP contribution in [-0.4, -0.2) is 9.97 Å². The highest BCUT2D eigenvalue weighted by molar-refractivity contribution is 5.82. The minimum Gasteiger partial charge on any atom is -0.381 e. The third-order valence-corrected chi connectivity index (χ3v) is 4.74. The SMILES string of the molecule is Cc1cc(C)c(Nc2nc3ccc(NCc4ccccc4)cc3[nH]2)c(C)c1. The second kappa shape index (κ2) is 7.16. The molecule has 3 aromatic carbocycles. The summed E-state index contributed by atoms with van der Waals surface area (Å²) in [6.07, 6.45) is 0. The van der Waals surface area contributed by atoms with Crippen LogP contribution in [0.5, 0.6) is 0 Å². The maximum atomic E-state index is 4.68. The van der Waals surface area contributed by atoms with E-state index < -0.39 is 0 Å². The summed E-state index contributed by atoms with van der Waals surface area (Å²) < 4.78 is 0. The molecule has 4 aromatic rings. The van der Waals surface area contributed by atoms with E-state index >= 15 is 0 Å². The maximum absolute atomic E-state index is 4.68. The van der Waals surface area contributed by atoms with Crippen LogP contribution in [0.3, 0.4) is 0 Å². The van der Waals surface area contributed by atoms with Crippen LogP contribution in [0.1, 0.15) is 22.3 Å². The quantitative estimate of drug-likeness (QED) is 0.421. The number of aromatic nitrogens is 2. The molecule has 0 amide bonds. The van der Waals surface area contributed by atoms with Crippen LogP contribution in [0.25, 0.3) is 11.0 Å². The monoisotopic (exact) mass is 356 g/mol. The molecule has 0 aliphatic carbocycles. The molecule has 27 heavy (non-hydrogen) atoms. The van der Waals surface area contributed by atoms with Crippen molar-refractivity contribution in [2.75, 3.05) is 10.6 Å². The number of H-pyrrole nitrogens is 1. The van der Waals surface area contributed by atoms with E-state index in [-0.39, 0.29) is 0 Å². The van der Waals surface area contributed by atoms with Crippen LogP contribution in [-0.2, 0) is 6.54 Å². The topological polar surface area (TPSA) is 52.7 Å². The van der Waals surface area contributed by atoms with Crippen LogP contribution in [0.15, 0.2) is 60.7 Å². The third kappa shape index (κ3) is 3.80. The number of imidazole rings is 1. The summed E-state index contributed by atoms with van der Waals surface area (Å²) in [6.45, 7) is 7.16. The van der Waals surface area contributed by atoms with Gasteiger partial charge >= 0.3 is 0 Å². The number of nitrogens with one attached hydrogen (secondary N) is 3. The molecule has 0 spiro atoms. The van der Waals surface area contributed by atoms with Gasteiger partial charge in [0.2, 0.25) is 5.95 Å². The van der Waals surface area contributed by atoms with E-state index in [1.54, 1.807) is 0 Å². The van der Waals surface area contributed by atoms with Crippen molar-refractivity contribution in [3.05, 3.63) is 82.9 Å². The zero-order valence-corrected chi connectivity index (χ0v) is 15.9. The summed E-state index contributed by atoms with van der Waals surface area (Å²) in [6, 6.07) is 21.0. The zero-order valence-electron chi connectivity index (χ0n) is 15.9. The number of rotatable bonds is 5. The highest BCUT2D eigenvalue weighted by Crippen LogP contribution is 2.26. The van der Waals surface area contributed by atoms with Gasteiger partial charge in [-0.3, -0.25) is 0 Å². The molecule has 1 heterocycles. The Kier molecular flexibility index (Phi) is 4.55. The lowest BCUT2D eigenvalue weighted by molar-refractivity contribution is 1.15. The van der Waals surface area contributed by atoms with Crippen LogP contribution in [0.4, 0.5) is 17.3 Å². The van der Waals surface area contributed by atoms with Gasteiger partial charge in [-0.15, -0.1) is 0 Å². The standard InChI is InChI=1S/C23H24N4/c1-15-11-16(2)22(17(3)12-15)27-23-25-20-10-9-19(13-21(20)26-23)24-14-18-7-5-4-6-8-18/h4-13,24H,14H2,1-3H3,(H2,25,26,27). The average Bonchev–Trinajstić information content (AvgIpc) is 3.05. The van der Waals surface area contributed by atoms with Gasteiger partial charge in [0.15, 0.2) is 0 Å². The zero-order chi connectivity index (χ0) is 18.8. The fraction of sp³-hybridized carbons (Fsp3) is 0.174. The van der Waals surface area contributed by atoms with Crippen molar-refractivity contribution in [3.63, 3.8) is 0 Å². The first-order valence-electron chi connectivity index (χ1n) is 9.21. The molecule has 3 N–H and O–H groups in total. The van der Waals surface area contributed by atoms with Gasteiger partial charge in [0, 0.05) is 17.9 Å². The highest BCUT2D eigenvalue weighted by Gasteiger charge is 2.08. The van der Waals surface area contributed by atoms with E-state index in [2.05, 4.69) is 89.9 Å². The number of nitrogens with zero attached hydrogens (tertiary/aromatic N) is 1. The Morgan fingerprint density at radius 2 is 1.63 bits per heavy atom. The fourth-order valence-corrected chi connectivity index (χ4v) is 3.47. The van der Waals surface area contributed by atoms with E-state index in [4.69, 9.17) is 0 Å². The molecule has 1 aromatic heterocycles. The van der Waals surface area contributed by atoms with Crippen molar-refractivity contribution in [2.24, 2.45) is 0 Å². The minimum atomic E-state index is 0.764. The summed E-state index contributed by atoms with van der Waals surface area (Å²) in [5, 5.41) is 6.92. The average molecular weight is 356 g/mol. The van der Waals surface area contributed by atoms with Gasteiger partial charge in [0.05, 0.1) is 11.0 Å². The Balaban J connectivity index is 1.54. The van der Waals surface area contributed by atoms with Crippen LogP contribution >= 0.6 is 0 Å². The number of aryl methyl sites for hydroxylation is 3. The van der Waals surface area contributed by atoms with Gasteiger partial charge < -0.3 is 15.6 Å². The van der Waals surface area contributed by atoms with Crippen molar-refractivity contribution >= 4 is 28.4 Å². The number of fused-ring (bicyclic) bond motifs is 1. The molecule has 0 aliphatic heterocycles. The molecule has 0 unspecified atom stereocenters. The van der Waals surface area contributed by atoms with Gasteiger partial charge in [-0.1, -0.05) is 48.0 Å². The Labute approximate surface area is 159 Å². The number of hydrogen-bond acceptors (Lipinski definition) is 3. The summed E-state index contributed by atoms with van der Waals surface area (Å²) in [5.74, 6) is 0.764. The molecule has 0 saturated carbocycles. The molecule has 0 radical (unpaired) electrons. The van der Waals surface area contributed by atoms with E-state index in [0.717, 1.165) is 34.9 Å². The predicted molar refractivity (Wildman–Crippen MR) is 114 cm³/mol. The van der Waals surface area contributed by atoms with Crippen molar-refractivity contribution < 1.29 is 0 Å². The molecular weight excluding hydrogens is 332 g/mol. The molecular formula is C23H24N4. The first-order valence-corrected chi connectivity index (χ1v) is 9.21. The molecule has 0 fully saturated rings. The van der Waals surface area contributed by atoms with Crippen LogP contribution < -0.4 is 10.6 Å². The van der Waals surface area contributed by atoms with Gasteiger partial charge in [-0.25, -0.2) is 4.98 Å². The molecule has 0 bridgehead atoms. The second-order valence-corrected chi connectivity index (χ2v) is 7.06. The van der Waals surface area contributed by atoms with Gasteiger partial charge in [-0.05, 0) is 55.7 Å². The Bertz CT molecular complexity index is 1060. The summed E-state index contributed by atoms with van der Waals surface area (Å²) in [4.78, 5) is 8.07. The van der Waals surface area contributed by atoms with Crippen LogP contribution in [0, 0.1) is 20.8 Å². The second-order valence-electron chi connectivity index (χ2n) is 7.06. The predicted octanol–water partition coefficient (Wildman–Crippen LogP) is 5.84.